The number of rotatable bonds is 2. The molecule has 130 valence electrons. The van der Waals surface area contributed by atoms with Gasteiger partial charge in [-0.05, 0) is 24.3 Å². The first-order valence-electron chi connectivity index (χ1n) is 6.58. The van der Waals surface area contributed by atoms with Gasteiger partial charge in [0.15, 0.2) is 16.9 Å². The second-order valence-corrected chi connectivity index (χ2v) is 6.88. The zero-order valence-corrected chi connectivity index (χ0v) is 13.7. The lowest BCUT2D eigenvalue weighted by atomic mass is 10.1. The van der Waals surface area contributed by atoms with Gasteiger partial charge in [-0.3, -0.25) is 9.35 Å². The standard InChI is InChI=1S/C15H9ClO8S/c16-6-1-2-10-7(3-6)9(17)5-11(24-10)8-4-12(25(21,22)23)14(19)15(20)13(8)18/h1-5,18-20H,(H,21,22,23). The Labute approximate surface area is 144 Å². The van der Waals surface area contributed by atoms with Crippen molar-refractivity contribution in [2.24, 2.45) is 0 Å². The van der Waals surface area contributed by atoms with Gasteiger partial charge in [0.25, 0.3) is 10.1 Å². The van der Waals surface area contributed by atoms with Crippen molar-refractivity contribution in [2.45, 2.75) is 4.90 Å². The molecule has 0 saturated carbocycles. The molecule has 0 aliphatic rings. The molecule has 25 heavy (non-hydrogen) atoms. The van der Waals surface area contributed by atoms with Crippen LogP contribution >= 0.6 is 11.6 Å². The summed E-state index contributed by atoms with van der Waals surface area (Å²) in [6, 6.07) is 5.82. The largest absolute Gasteiger partial charge is 0.504 e. The molecule has 0 amide bonds. The second kappa shape index (κ2) is 5.66. The minimum Gasteiger partial charge on any atom is -0.504 e. The van der Waals surface area contributed by atoms with Crippen molar-refractivity contribution < 1.29 is 32.7 Å². The topological polar surface area (TPSA) is 145 Å². The van der Waals surface area contributed by atoms with Crippen LogP contribution in [0, 0.1) is 0 Å². The lowest BCUT2D eigenvalue weighted by Crippen LogP contribution is -2.02. The van der Waals surface area contributed by atoms with Crippen LogP contribution < -0.4 is 5.43 Å². The van der Waals surface area contributed by atoms with Crippen LogP contribution in [0.2, 0.25) is 5.02 Å². The van der Waals surface area contributed by atoms with Crippen LogP contribution in [0.4, 0.5) is 0 Å². The van der Waals surface area contributed by atoms with Gasteiger partial charge in [0, 0.05) is 11.1 Å². The van der Waals surface area contributed by atoms with Gasteiger partial charge in [0.2, 0.25) is 5.75 Å². The summed E-state index contributed by atoms with van der Waals surface area (Å²) in [5, 5.41) is 29.7. The van der Waals surface area contributed by atoms with E-state index in [9.17, 15) is 28.5 Å². The summed E-state index contributed by atoms with van der Waals surface area (Å²) < 4.78 is 37.2. The Morgan fingerprint density at radius 2 is 1.64 bits per heavy atom. The predicted octanol–water partition coefficient (Wildman–Crippen LogP) is 2.48. The summed E-state index contributed by atoms with van der Waals surface area (Å²) in [7, 11) is -4.92. The average Bonchev–Trinajstić information content (AvgIpc) is 2.52. The SMILES string of the molecule is O=c1cc(-c2cc(S(=O)(=O)O)c(O)c(O)c2O)oc2ccc(Cl)cc12. The smallest absolute Gasteiger partial charge is 0.298 e. The molecular weight excluding hydrogens is 376 g/mol. The minimum absolute atomic E-state index is 0.0901. The van der Waals surface area contributed by atoms with Gasteiger partial charge in [0.1, 0.15) is 16.2 Å². The highest BCUT2D eigenvalue weighted by atomic mass is 35.5. The van der Waals surface area contributed by atoms with Crippen LogP contribution in [0.3, 0.4) is 0 Å². The molecule has 0 unspecified atom stereocenters. The number of fused-ring (bicyclic) bond motifs is 1. The van der Waals surface area contributed by atoms with Gasteiger partial charge in [-0.25, -0.2) is 0 Å². The molecule has 0 aliphatic carbocycles. The third kappa shape index (κ3) is 2.88. The normalized spacial score (nSPS) is 11.8. The van der Waals surface area contributed by atoms with E-state index in [1.807, 2.05) is 0 Å². The number of phenolic OH excluding ortho intramolecular Hbond substituents is 3. The van der Waals surface area contributed by atoms with E-state index in [1.165, 1.54) is 18.2 Å². The Balaban J connectivity index is 2.37. The van der Waals surface area contributed by atoms with Crippen LogP contribution in [-0.2, 0) is 10.1 Å². The average molecular weight is 385 g/mol. The molecule has 0 saturated heterocycles. The van der Waals surface area contributed by atoms with Crippen molar-refractivity contribution >= 4 is 32.7 Å². The lowest BCUT2D eigenvalue weighted by Gasteiger charge is -2.11. The second-order valence-electron chi connectivity index (χ2n) is 5.06. The molecule has 0 radical (unpaired) electrons. The number of halogens is 1. The number of hydrogen-bond donors (Lipinski definition) is 4. The van der Waals surface area contributed by atoms with E-state index in [4.69, 9.17) is 20.6 Å². The first kappa shape index (κ1) is 17.1. The number of phenols is 3. The fourth-order valence-electron chi connectivity index (χ4n) is 2.27. The molecule has 2 aromatic carbocycles. The quantitative estimate of drug-likeness (QED) is 0.389. The molecule has 0 aliphatic heterocycles. The van der Waals surface area contributed by atoms with Gasteiger partial charge >= 0.3 is 0 Å². The maximum absolute atomic E-state index is 12.2. The van der Waals surface area contributed by atoms with Gasteiger partial charge in [0.05, 0.1) is 10.9 Å². The van der Waals surface area contributed by atoms with Crippen molar-refractivity contribution in [1.82, 2.24) is 0 Å². The summed E-state index contributed by atoms with van der Waals surface area (Å²) in [6.45, 7) is 0. The molecule has 1 heterocycles. The molecule has 3 aromatic rings. The van der Waals surface area contributed by atoms with Gasteiger partial charge in [-0.2, -0.15) is 8.42 Å². The summed E-state index contributed by atoms with van der Waals surface area (Å²) in [4.78, 5) is 11.1. The van der Waals surface area contributed by atoms with Gasteiger partial charge in [-0.15, -0.1) is 0 Å². The van der Waals surface area contributed by atoms with Crippen LogP contribution in [0.15, 0.2) is 44.4 Å². The maximum atomic E-state index is 12.2. The molecule has 0 bridgehead atoms. The molecule has 0 atom stereocenters. The van der Waals surface area contributed by atoms with Crippen LogP contribution in [0.1, 0.15) is 0 Å². The van der Waals surface area contributed by atoms with Gasteiger partial charge in [-0.1, -0.05) is 11.6 Å². The number of benzene rings is 2. The number of hydrogen-bond acceptors (Lipinski definition) is 7. The Morgan fingerprint density at radius 1 is 0.960 bits per heavy atom. The summed E-state index contributed by atoms with van der Waals surface area (Å²) in [5.41, 5.74) is -0.872. The lowest BCUT2D eigenvalue weighted by molar-refractivity contribution is 0.359. The molecule has 4 N–H and O–H groups in total. The first-order chi connectivity index (χ1) is 11.6. The van der Waals surface area contributed by atoms with E-state index in [2.05, 4.69) is 0 Å². The van der Waals surface area contributed by atoms with E-state index in [1.54, 1.807) is 0 Å². The van der Waals surface area contributed by atoms with E-state index in [0.29, 0.717) is 11.1 Å². The Kier molecular flexibility index (Phi) is 3.87. The van der Waals surface area contributed by atoms with Gasteiger partial charge < -0.3 is 19.7 Å². The third-order valence-electron chi connectivity index (χ3n) is 3.45. The van der Waals surface area contributed by atoms with E-state index >= 15 is 0 Å². The molecule has 10 heteroatoms. The molecular formula is C15H9ClO8S. The Morgan fingerprint density at radius 3 is 2.28 bits per heavy atom. The van der Waals surface area contributed by atoms with Crippen molar-refractivity contribution in [3.05, 3.63) is 45.6 Å². The molecule has 3 rings (SSSR count). The highest BCUT2D eigenvalue weighted by molar-refractivity contribution is 7.86. The van der Waals surface area contributed by atoms with Crippen molar-refractivity contribution in [2.75, 3.05) is 0 Å². The van der Waals surface area contributed by atoms with E-state index in [0.717, 1.165) is 6.07 Å². The van der Waals surface area contributed by atoms with Crippen LogP contribution in [0.5, 0.6) is 17.2 Å². The summed E-state index contributed by atoms with van der Waals surface area (Å²) in [5.74, 6) is -3.65. The highest BCUT2D eigenvalue weighted by Crippen LogP contribution is 2.46. The van der Waals surface area contributed by atoms with Crippen molar-refractivity contribution in [1.29, 1.82) is 0 Å². The van der Waals surface area contributed by atoms with Crippen LogP contribution in [0.25, 0.3) is 22.3 Å². The summed E-state index contributed by atoms with van der Waals surface area (Å²) in [6.07, 6.45) is 0. The maximum Gasteiger partial charge on any atom is 0.298 e. The van der Waals surface area contributed by atoms with Crippen molar-refractivity contribution in [3.63, 3.8) is 0 Å². The van der Waals surface area contributed by atoms with E-state index < -0.39 is 43.3 Å². The zero-order chi connectivity index (χ0) is 18.5. The highest BCUT2D eigenvalue weighted by Gasteiger charge is 2.26. The number of aromatic hydroxyl groups is 3. The zero-order valence-electron chi connectivity index (χ0n) is 12.1. The first-order valence-corrected chi connectivity index (χ1v) is 8.40. The Hall–Kier alpha value is -2.75. The van der Waals surface area contributed by atoms with Crippen LogP contribution in [-0.4, -0.2) is 28.3 Å². The molecule has 0 spiro atoms. The fraction of sp³-hybridized carbons (Fsp3) is 0. The molecule has 8 nitrogen and oxygen atoms in total. The molecule has 1 aromatic heterocycles. The monoisotopic (exact) mass is 384 g/mol. The van der Waals surface area contributed by atoms with E-state index in [-0.39, 0.29) is 16.7 Å². The predicted molar refractivity (Wildman–Crippen MR) is 87.7 cm³/mol. The third-order valence-corrected chi connectivity index (χ3v) is 4.55. The van der Waals surface area contributed by atoms with Crippen molar-refractivity contribution in [3.8, 4) is 28.6 Å². The Bertz CT molecular complexity index is 1180. The molecule has 0 fully saturated rings. The summed E-state index contributed by atoms with van der Waals surface area (Å²) >= 11 is 5.81. The minimum atomic E-state index is -4.92. The fourth-order valence-corrected chi connectivity index (χ4v) is 3.05.